The van der Waals surface area contributed by atoms with Gasteiger partial charge in [-0.3, -0.25) is 0 Å². The van der Waals surface area contributed by atoms with Gasteiger partial charge in [-0.25, -0.2) is 9.38 Å². The van der Waals surface area contributed by atoms with E-state index in [0.29, 0.717) is 18.1 Å². The van der Waals surface area contributed by atoms with E-state index in [2.05, 4.69) is 15.6 Å². The Balaban J connectivity index is 1.94. The number of aliphatic hydroxyl groups excluding tert-OH is 1. The summed E-state index contributed by atoms with van der Waals surface area (Å²) in [5.74, 6) is 1.02. The molecule has 0 spiro atoms. The van der Waals surface area contributed by atoms with Crippen LogP contribution < -0.4 is 15.4 Å². The van der Waals surface area contributed by atoms with Gasteiger partial charge in [-0.1, -0.05) is 30.3 Å². The van der Waals surface area contributed by atoms with E-state index >= 15 is 0 Å². The third kappa shape index (κ3) is 6.90. The van der Waals surface area contributed by atoms with E-state index in [9.17, 15) is 9.50 Å². The number of guanidine groups is 1. The summed E-state index contributed by atoms with van der Waals surface area (Å²) < 4.78 is 19.3. The number of hydrogen-bond acceptors (Lipinski definition) is 3. The Kier molecular flexibility index (Phi) is 8.07. The average Bonchev–Trinajstić information content (AvgIpc) is 2.65. The smallest absolute Gasteiger partial charge is 0.191 e. The molecule has 0 aromatic heterocycles. The predicted octanol–water partition coefficient (Wildman–Crippen LogP) is 3.40. The molecule has 2 aromatic carbocycles. The standard InChI is InChI=1S/C21H28FN3O2/c1-4-23-21(24-13-17-7-5-6-8-19(17)22)25-14-20(26)16-9-11-18(12-10-16)27-15(2)3/h5-12,15,20,26H,4,13-14H2,1-3H3,(H2,23,24,25). The lowest BCUT2D eigenvalue weighted by Crippen LogP contribution is -2.39. The molecule has 3 N–H and O–H groups in total. The van der Waals surface area contributed by atoms with Gasteiger partial charge in [0.05, 0.1) is 18.8 Å². The minimum absolute atomic E-state index is 0.107. The number of nitrogens with zero attached hydrogens (tertiary/aromatic N) is 1. The highest BCUT2D eigenvalue weighted by molar-refractivity contribution is 5.79. The largest absolute Gasteiger partial charge is 0.491 e. The summed E-state index contributed by atoms with van der Waals surface area (Å²) in [4.78, 5) is 4.38. The zero-order valence-electron chi connectivity index (χ0n) is 16.1. The van der Waals surface area contributed by atoms with E-state index in [1.807, 2.05) is 45.0 Å². The number of benzene rings is 2. The lowest BCUT2D eigenvalue weighted by Gasteiger charge is -2.16. The average molecular weight is 373 g/mol. The molecule has 0 bridgehead atoms. The van der Waals surface area contributed by atoms with Crippen molar-refractivity contribution in [1.29, 1.82) is 0 Å². The molecular weight excluding hydrogens is 345 g/mol. The van der Waals surface area contributed by atoms with Gasteiger partial charge in [-0.05, 0) is 44.5 Å². The summed E-state index contributed by atoms with van der Waals surface area (Å²) >= 11 is 0. The maximum Gasteiger partial charge on any atom is 0.191 e. The zero-order chi connectivity index (χ0) is 19.6. The van der Waals surface area contributed by atoms with Crippen molar-refractivity contribution in [3.63, 3.8) is 0 Å². The van der Waals surface area contributed by atoms with Crippen LogP contribution in [0.1, 0.15) is 38.0 Å². The SMILES string of the molecule is CCNC(=NCc1ccccc1F)NCC(O)c1ccc(OC(C)C)cc1. The van der Waals surface area contributed by atoms with E-state index in [1.165, 1.54) is 6.07 Å². The highest BCUT2D eigenvalue weighted by Gasteiger charge is 2.09. The van der Waals surface area contributed by atoms with Gasteiger partial charge in [-0.15, -0.1) is 0 Å². The van der Waals surface area contributed by atoms with Gasteiger partial charge in [0.15, 0.2) is 5.96 Å². The van der Waals surface area contributed by atoms with Gasteiger partial charge in [0.25, 0.3) is 0 Å². The number of hydrogen-bond donors (Lipinski definition) is 3. The van der Waals surface area contributed by atoms with Crippen LogP contribution in [0.3, 0.4) is 0 Å². The van der Waals surface area contributed by atoms with Crippen molar-refractivity contribution in [3.05, 3.63) is 65.5 Å². The fourth-order valence-electron chi connectivity index (χ4n) is 2.48. The van der Waals surface area contributed by atoms with Crippen molar-refractivity contribution in [2.24, 2.45) is 4.99 Å². The van der Waals surface area contributed by atoms with Crippen LogP contribution in [0, 0.1) is 5.82 Å². The molecule has 6 heteroatoms. The van der Waals surface area contributed by atoms with Gasteiger partial charge in [0, 0.05) is 18.7 Å². The van der Waals surface area contributed by atoms with Crippen LogP contribution in [-0.4, -0.2) is 30.3 Å². The highest BCUT2D eigenvalue weighted by Crippen LogP contribution is 2.18. The van der Waals surface area contributed by atoms with Crippen LogP contribution in [0.15, 0.2) is 53.5 Å². The molecule has 146 valence electrons. The Bertz CT molecular complexity index is 732. The fourth-order valence-corrected chi connectivity index (χ4v) is 2.48. The Labute approximate surface area is 160 Å². The molecule has 0 saturated carbocycles. The van der Waals surface area contributed by atoms with E-state index in [0.717, 1.165) is 11.3 Å². The molecule has 0 aliphatic carbocycles. The molecule has 27 heavy (non-hydrogen) atoms. The minimum atomic E-state index is -0.699. The molecule has 0 saturated heterocycles. The number of rotatable bonds is 8. The van der Waals surface area contributed by atoms with Crippen LogP contribution >= 0.6 is 0 Å². The van der Waals surface area contributed by atoms with E-state index in [-0.39, 0.29) is 25.0 Å². The summed E-state index contributed by atoms with van der Waals surface area (Å²) in [7, 11) is 0. The Morgan fingerprint density at radius 2 is 1.81 bits per heavy atom. The third-order valence-electron chi connectivity index (χ3n) is 3.81. The molecule has 0 fully saturated rings. The fraction of sp³-hybridized carbons (Fsp3) is 0.381. The highest BCUT2D eigenvalue weighted by atomic mass is 19.1. The van der Waals surface area contributed by atoms with E-state index < -0.39 is 6.10 Å². The third-order valence-corrected chi connectivity index (χ3v) is 3.81. The summed E-state index contributed by atoms with van der Waals surface area (Å²) in [6, 6.07) is 13.9. The van der Waals surface area contributed by atoms with Gasteiger partial charge in [0.1, 0.15) is 11.6 Å². The van der Waals surface area contributed by atoms with Crippen molar-refractivity contribution in [1.82, 2.24) is 10.6 Å². The topological polar surface area (TPSA) is 65.9 Å². The van der Waals surface area contributed by atoms with Crippen LogP contribution in [0.2, 0.25) is 0 Å². The first-order chi connectivity index (χ1) is 13.0. The summed E-state index contributed by atoms with van der Waals surface area (Å²) in [5, 5.41) is 16.6. The molecule has 0 aliphatic heterocycles. The number of aliphatic imine (C=N–C) groups is 1. The van der Waals surface area contributed by atoms with E-state index in [4.69, 9.17) is 4.74 Å². The molecular formula is C21H28FN3O2. The van der Waals surface area contributed by atoms with Crippen LogP contribution in [0.4, 0.5) is 4.39 Å². The second-order valence-corrected chi connectivity index (χ2v) is 6.42. The van der Waals surface area contributed by atoms with Gasteiger partial charge in [0.2, 0.25) is 0 Å². The normalized spacial score (nSPS) is 12.7. The van der Waals surface area contributed by atoms with Gasteiger partial charge in [-0.2, -0.15) is 0 Å². The Morgan fingerprint density at radius 1 is 1.11 bits per heavy atom. The second kappa shape index (κ2) is 10.5. The second-order valence-electron chi connectivity index (χ2n) is 6.42. The lowest BCUT2D eigenvalue weighted by molar-refractivity contribution is 0.180. The quantitative estimate of drug-likeness (QED) is 0.490. The van der Waals surface area contributed by atoms with Crippen LogP contribution in [-0.2, 0) is 6.54 Å². The van der Waals surface area contributed by atoms with Crippen molar-refractivity contribution < 1.29 is 14.2 Å². The molecule has 2 rings (SSSR count). The molecule has 5 nitrogen and oxygen atoms in total. The molecule has 0 amide bonds. The number of nitrogens with one attached hydrogen (secondary N) is 2. The van der Waals surface area contributed by atoms with Crippen molar-refractivity contribution in [3.8, 4) is 5.75 Å². The first-order valence-electron chi connectivity index (χ1n) is 9.19. The summed E-state index contributed by atoms with van der Waals surface area (Å²) in [6.45, 7) is 7.06. The molecule has 0 aliphatic rings. The Hall–Kier alpha value is -2.60. The molecule has 2 aromatic rings. The molecule has 1 unspecified atom stereocenters. The lowest BCUT2D eigenvalue weighted by atomic mass is 10.1. The van der Waals surface area contributed by atoms with Gasteiger partial charge < -0.3 is 20.5 Å². The molecule has 0 radical (unpaired) electrons. The van der Waals surface area contributed by atoms with Crippen molar-refractivity contribution in [2.75, 3.05) is 13.1 Å². The van der Waals surface area contributed by atoms with Crippen LogP contribution in [0.25, 0.3) is 0 Å². The predicted molar refractivity (Wildman–Crippen MR) is 106 cm³/mol. The first-order valence-corrected chi connectivity index (χ1v) is 9.19. The number of aliphatic hydroxyl groups is 1. The first kappa shape index (κ1) is 20.7. The molecule has 0 heterocycles. The Morgan fingerprint density at radius 3 is 2.44 bits per heavy atom. The zero-order valence-corrected chi connectivity index (χ0v) is 16.1. The maximum absolute atomic E-state index is 13.7. The monoisotopic (exact) mass is 373 g/mol. The summed E-state index contributed by atoms with van der Waals surface area (Å²) in [5.41, 5.74) is 1.31. The molecule has 1 atom stereocenters. The van der Waals surface area contributed by atoms with E-state index in [1.54, 1.807) is 18.2 Å². The van der Waals surface area contributed by atoms with Crippen molar-refractivity contribution >= 4 is 5.96 Å². The van der Waals surface area contributed by atoms with Crippen LogP contribution in [0.5, 0.6) is 5.75 Å². The maximum atomic E-state index is 13.7. The van der Waals surface area contributed by atoms with Crippen molar-refractivity contribution in [2.45, 2.75) is 39.5 Å². The number of ether oxygens (including phenoxy) is 1. The summed E-state index contributed by atoms with van der Waals surface area (Å²) in [6.07, 6.45) is -0.591. The minimum Gasteiger partial charge on any atom is -0.491 e. The number of halogens is 1. The van der Waals surface area contributed by atoms with Gasteiger partial charge >= 0.3 is 0 Å².